The fourth-order valence-corrected chi connectivity index (χ4v) is 8.33. The molecule has 0 radical (unpaired) electrons. The lowest BCUT2D eigenvalue weighted by molar-refractivity contribution is -0.118. The van der Waals surface area contributed by atoms with Crippen molar-refractivity contribution >= 4 is 33.2 Å². The smallest absolute Gasteiger partial charge is 0.241 e. The third-order valence-corrected chi connectivity index (χ3v) is 10.8. The molecule has 0 spiro atoms. The molecule has 4 N–H and O–H groups in total. The minimum absolute atomic E-state index is 0.141. The summed E-state index contributed by atoms with van der Waals surface area (Å²) in [6, 6.07) is 11.0. The van der Waals surface area contributed by atoms with Gasteiger partial charge < -0.3 is 21.1 Å². The van der Waals surface area contributed by atoms with Crippen molar-refractivity contribution in [3.63, 3.8) is 0 Å². The van der Waals surface area contributed by atoms with Crippen LogP contribution in [-0.2, 0) is 26.0 Å². The van der Waals surface area contributed by atoms with Gasteiger partial charge in [0.1, 0.15) is 5.82 Å². The molecule has 5 unspecified atom stereocenters. The number of carbonyl (C=O) groups is 1. The lowest BCUT2D eigenvalue weighted by atomic mass is 9.76. The van der Waals surface area contributed by atoms with E-state index in [9.17, 15) is 13.2 Å². The lowest BCUT2D eigenvalue weighted by Gasteiger charge is -2.37. The fourth-order valence-electron chi connectivity index (χ4n) is 6.40. The van der Waals surface area contributed by atoms with Gasteiger partial charge in [-0.15, -0.1) is 0 Å². The number of piperazine rings is 1. The Balaban J connectivity index is 1.32. The van der Waals surface area contributed by atoms with E-state index in [0.717, 1.165) is 24.8 Å². The van der Waals surface area contributed by atoms with E-state index in [1.54, 1.807) is 28.6 Å². The zero-order chi connectivity index (χ0) is 28.3. The summed E-state index contributed by atoms with van der Waals surface area (Å²) >= 11 is 6.12. The quantitative estimate of drug-likeness (QED) is 0.431. The minimum atomic E-state index is -3.35. The topological polar surface area (TPSA) is 114 Å². The van der Waals surface area contributed by atoms with Crippen molar-refractivity contribution in [3.05, 3.63) is 64.4 Å². The van der Waals surface area contributed by atoms with Gasteiger partial charge in [-0.25, -0.2) is 12.8 Å². The zero-order valence-corrected chi connectivity index (χ0v) is 24.1. The highest BCUT2D eigenvalue weighted by Gasteiger charge is 2.38. The predicted molar refractivity (Wildman–Crippen MR) is 154 cm³/mol. The number of rotatable bonds is 8. The number of fused-ring (bicyclic) bond motifs is 2. The number of hydrogen-bond acceptors (Lipinski definition) is 6. The molecule has 3 aliphatic rings. The average molecular weight is 593 g/mol. The number of anilines is 1. The monoisotopic (exact) mass is 592 g/mol. The highest BCUT2D eigenvalue weighted by atomic mass is 35.5. The first-order valence-electron chi connectivity index (χ1n) is 14.1. The molecule has 2 aromatic carbocycles. The maximum Gasteiger partial charge on any atom is 0.241 e. The zero-order valence-electron chi connectivity index (χ0n) is 22.5. The van der Waals surface area contributed by atoms with Gasteiger partial charge in [0.2, 0.25) is 15.9 Å². The molecule has 5 rings (SSSR count). The first-order chi connectivity index (χ1) is 19.2. The molecule has 2 bridgehead atoms. The Labute approximate surface area is 240 Å². The third kappa shape index (κ3) is 6.69. The molecular formula is C29H38ClFN4O4S. The average Bonchev–Trinajstić information content (AvgIpc) is 3.06. The number of amides is 1. The number of ether oxygens (including phenoxy) is 1. The first kappa shape index (κ1) is 29.4. The van der Waals surface area contributed by atoms with E-state index in [4.69, 9.17) is 22.1 Å². The van der Waals surface area contributed by atoms with Crippen molar-refractivity contribution < 1.29 is 22.3 Å². The van der Waals surface area contributed by atoms with Gasteiger partial charge in [-0.1, -0.05) is 29.8 Å². The van der Waals surface area contributed by atoms with Crippen LogP contribution < -0.4 is 16.4 Å². The Morgan fingerprint density at radius 1 is 1.18 bits per heavy atom. The summed E-state index contributed by atoms with van der Waals surface area (Å²) in [6.07, 6.45) is 3.75. The highest BCUT2D eigenvalue weighted by Crippen LogP contribution is 2.35. The van der Waals surface area contributed by atoms with E-state index in [-0.39, 0.29) is 36.1 Å². The van der Waals surface area contributed by atoms with E-state index in [1.807, 2.05) is 12.1 Å². The Kier molecular flexibility index (Phi) is 9.44. The molecule has 0 aromatic heterocycles. The molecule has 40 heavy (non-hydrogen) atoms. The summed E-state index contributed by atoms with van der Waals surface area (Å²) in [5.41, 5.74) is 8.28. The van der Waals surface area contributed by atoms with Gasteiger partial charge in [0.15, 0.2) is 0 Å². The Morgan fingerprint density at radius 2 is 1.93 bits per heavy atom. The Bertz CT molecular complexity index is 1290. The number of halogens is 2. The van der Waals surface area contributed by atoms with E-state index in [1.165, 1.54) is 6.07 Å². The third-order valence-electron chi connectivity index (χ3n) is 8.58. The molecule has 218 valence electrons. The largest absolute Gasteiger partial charge is 0.381 e. The van der Waals surface area contributed by atoms with Gasteiger partial charge in [0.05, 0.1) is 11.8 Å². The number of benzene rings is 2. The number of nitrogens with one attached hydrogen (secondary N) is 2. The van der Waals surface area contributed by atoms with Crippen LogP contribution >= 0.6 is 11.6 Å². The predicted octanol–water partition coefficient (Wildman–Crippen LogP) is 3.65. The van der Waals surface area contributed by atoms with Crippen molar-refractivity contribution in [2.24, 2.45) is 11.7 Å². The van der Waals surface area contributed by atoms with Crippen LogP contribution in [0.4, 0.5) is 10.1 Å². The van der Waals surface area contributed by atoms with E-state index < -0.39 is 27.8 Å². The van der Waals surface area contributed by atoms with Crippen molar-refractivity contribution in [1.29, 1.82) is 0 Å². The molecule has 1 amide bonds. The van der Waals surface area contributed by atoms with Crippen LogP contribution in [0, 0.1) is 11.7 Å². The molecule has 3 aliphatic heterocycles. The van der Waals surface area contributed by atoms with Gasteiger partial charge in [0.25, 0.3) is 0 Å². The second-order valence-electron chi connectivity index (χ2n) is 11.1. The van der Waals surface area contributed by atoms with Crippen LogP contribution in [0.3, 0.4) is 0 Å². The SMILES string of the molecule is NC(C(=O)Nc1cccc(F)c1CCC1CNC2CCCS(=O)(=O)N1C2)C(c1ccc(Cl)cc1)C1CCOCC1. The van der Waals surface area contributed by atoms with Crippen LogP contribution in [0.2, 0.25) is 5.02 Å². The number of nitrogens with two attached hydrogens (primary N) is 1. The van der Waals surface area contributed by atoms with Crippen LogP contribution in [0.1, 0.15) is 49.1 Å². The summed E-state index contributed by atoms with van der Waals surface area (Å²) in [5, 5.41) is 6.96. The van der Waals surface area contributed by atoms with Crippen LogP contribution in [-0.4, -0.2) is 68.8 Å². The molecule has 11 heteroatoms. The van der Waals surface area contributed by atoms with Crippen LogP contribution in [0.5, 0.6) is 0 Å². The van der Waals surface area contributed by atoms with E-state index in [2.05, 4.69) is 10.6 Å². The summed E-state index contributed by atoms with van der Waals surface area (Å²) < 4.78 is 48.0. The summed E-state index contributed by atoms with van der Waals surface area (Å²) in [6.45, 7) is 2.20. The van der Waals surface area contributed by atoms with Gasteiger partial charge in [-0.05, 0) is 74.3 Å². The molecule has 3 heterocycles. The van der Waals surface area contributed by atoms with Gasteiger partial charge in [-0.2, -0.15) is 4.31 Å². The van der Waals surface area contributed by atoms with Crippen molar-refractivity contribution in [1.82, 2.24) is 9.62 Å². The normalized spacial score (nSPS) is 26.4. The highest BCUT2D eigenvalue weighted by molar-refractivity contribution is 7.89. The number of sulfonamides is 1. The Hall–Kier alpha value is -2.08. The summed E-state index contributed by atoms with van der Waals surface area (Å²) in [4.78, 5) is 13.6. The number of nitrogens with zero attached hydrogens (tertiary/aromatic N) is 1. The Morgan fingerprint density at radius 3 is 2.67 bits per heavy atom. The molecule has 0 aliphatic carbocycles. The molecule has 0 saturated carbocycles. The number of carbonyl (C=O) groups excluding carboxylic acids is 1. The summed E-state index contributed by atoms with van der Waals surface area (Å²) in [5.74, 6) is -0.794. The molecule has 2 aromatic rings. The maximum atomic E-state index is 15.1. The van der Waals surface area contributed by atoms with Crippen molar-refractivity contribution in [2.45, 2.75) is 62.6 Å². The fraction of sp³-hybridized carbons (Fsp3) is 0.552. The van der Waals surface area contributed by atoms with E-state index in [0.29, 0.717) is 55.4 Å². The first-order valence-corrected chi connectivity index (χ1v) is 16.1. The second-order valence-corrected chi connectivity index (χ2v) is 13.6. The van der Waals surface area contributed by atoms with Crippen LogP contribution in [0.15, 0.2) is 42.5 Å². The van der Waals surface area contributed by atoms with E-state index >= 15 is 4.39 Å². The maximum absolute atomic E-state index is 15.1. The molecule has 3 fully saturated rings. The van der Waals surface area contributed by atoms with Gasteiger partial charge >= 0.3 is 0 Å². The lowest BCUT2D eigenvalue weighted by Crippen LogP contribution is -2.57. The number of hydrogen-bond donors (Lipinski definition) is 3. The van der Waals surface area contributed by atoms with Crippen molar-refractivity contribution in [3.8, 4) is 0 Å². The molecule has 8 nitrogen and oxygen atoms in total. The molecule has 3 saturated heterocycles. The summed E-state index contributed by atoms with van der Waals surface area (Å²) in [7, 11) is -3.35. The van der Waals surface area contributed by atoms with Crippen LogP contribution in [0.25, 0.3) is 0 Å². The minimum Gasteiger partial charge on any atom is -0.381 e. The second kappa shape index (κ2) is 12.8. The van der Waals surface area contributed by atoms with Crippen molar-refractivity contribution in [2.75, 3.05) is 37.4 Å². The van der Waals surface area contributed by atoms with Gasteiger partial charge in [-0.3, -0.25) is 4.79 Å². The van der Waals surface area contributed by atoms with Gasteiger partial charge in [0, 0.05) is 60.6 Å². The molecule has 5 atom stereocenters. The molecular weight excluding hydrogens is 555 g/mol. The standard InChI is InChI=1S/C29H38ClFN4O4S/c30-21-8-6-19(7-9-21)27(20-12-14-39-15-13-20)28(32)29(36)34-26-5-1-4-25(31)24(26)11-10-23-17-33-22-3-2-16-40(37,38)35(23)18-22/h1,4-9,20,22-23,27-28,33H,2-3,10-18,32H2,(H,34,36).